The molecule has 1 aliphatic rings. The third-order valence-electron chi connectivity index (χ3n) is 3.20. The molecule has 1 saturated heterocycles. The van der Waals surface area contributed by atoms with Crippen LogP contribution in [0.25, 0.3) is 0 Å². The second-order valence-electron chi connectivity index (χ2n) is 4.72. The van der Waals surface area contributed by atoms with Crippen molar-refractivity contribution in [2.45, 2.75) is 45.2 Å². The van der Waals surface area contributed by atoms with E-state index >= 15 is 0 Å². The standard InChI is InChI=1S/C12H22N4O/c1-2-7-16(9-12-14-10-15-17-12)8-11-5-3-4-6-13-11/h10-11,13H,2-9H2,1H3. The number of hydrogen-bond acceptors (Lipinski definition) is 5. The Bertz CT molecular complexity index is 295. The molecule has 0 spiro atoms. The van der Waals surface area contributed by atoms with Gasteiger partial charge in [-0.2, -0.15) is 4.98 Å². The minimum Gasteiger partial charge on any atom is -0.338 e. The molecule has 1 unspecified atom stereocenters. The first kappa shape index (κ1) is 12.5. The van der Waals surface area contributed by atoms with E-state index in [1.54, 1.807) is 0 Å². The van der Waals surface area contributed by atoms with Crippen LogP contribution in [-0.2, 0) is 6.54 Å². The van der Waals surface area contributed by atoms with Crippen LogP contribution < -0.4 is 5.32 Å². The summed E-state index contributed by atoms with van der Waals surface area (Å²) in [6.07, 6.45) is 6.56. The zero-order valence-corrected chi connectivity index (χ0v) is 10.6. The molecular weight excluding hydrogens is 216 g/mol. The molecule has 1 N–H and O–H groups in total. The van der Waals surface area contributed by atoms with Crippen LogP contribution in [0.5, 0.6) is 0 Å². The lowest BCUT2D eigenvalue weighted by Crippen LogP contribution is -2.43. The predicted octanol–water partition coefficient (Wildman–Crippen LogP) is 1.42. The van der Waals surface area contributed by atoms with Gasteiger partial charge in [0.05, 0.1) is 6.54 Å². The SMILES string of the molecule is CCCN(Cc1ncno1)CC1CCCCN1. The highest BCUT2D eigenvalue weighted by atomic mass is 16.5. The van der Waals surface area contributed by atoms with E-state index in [9.17, 15) is 0 Å². The molecule has 1 aromatic rings. The lowest BCUT2D eigenvalue weighted by atomic mass is 10.0. The Morgan fingerprint density at radius 3 is 3.12 bits per heavy atom. The van der Waals surface area contributed by atoms with E-state index in [1.807, 2.05) is 0 Å². The fourth-order valence-electron chi connectivity index (χ4n) is 2.40. The number of aromatic nitrogens is 2. The molecule has 1 fully saturated rings. The molecule has 0 aromatic carbocycles. The van der Waals surface area contributed by atoms with Gasteiger partial charge in [-0.3, -0.25) is 4.90 Å². The van der Waals surface area contributed by atoms with Crippen LogP contribution in [0.15, 0.2) is 10.9 Å². The highest BCUT2D eigenvalue weighted by molar-refractivity contribution is 4.80. The van der Waals surface area contributed by atoms with Gasteiger partial charge in [0.1, 0.15) is 0 Å². The highest BCUT2D eigenvalue weighted by Crippen LogP contribution is 2.10. The Hall–Kier alpha value is -0.940. The largest absolute Gasteiger partial charge is 0.338 e. The number of nitrogens with one attached hydrogen (secondary N) is 1. The molecule has 5 nitrogen and oxygen atoms in total. The van der Waals surface area contributed by atoms with Gasteiger partial charge < -0.3 is 9.84 Å². The minimum atomic E-state index is 0.623. The van der Waals surface area contributed by atoms with Crippen molar-refractivity contribution in [3.05, 3.63) is 12.2 Å². The summed E-state index contributed by atoms with van der Waals surface area (Å²) < 4.78 is 5.08. The van der Waals surface area contributed by atoms with Crippen molar-refractivity contribution in [2.24, 2.45) is 0 Å². The fourth-order valence-corrected chi connectivity index (χ4v) is 2.40. The topological polar surface area (TPSA) is 54.2 Å². The smallest absolute Gasteiger partial charge is 0.240 e. The minimum absolute atomic E-state index is 0.623. The molecule has 1 atom stereocenters. The van der Waals surface area contributed by atoms with Gasteiger partial charge in [0.2, 0.25) is 5.89 Å². The maximum absolute atomic E-state index is 5.08. The van der Waals surface area contributed by atoms with Gasteiger partial charge in [-0.15, -0.1) is 0 Å². The monoisotopic (exact) mass is 238 g/mol. The molecule has 5 heteroatoms. The maximum Gasteiger partial charge on any atom is 0.240 e. The highest BCUT2D eigenvalue weighted by Gasteiger charge is 2.17. The quantitative estimate of drug-likeness (QED) is 0.812. The summed E-state index contributed by atoms with van der Waals surface area (Å²) in [6.45, 7) is 6.29. The molecule has 0 amide bonds. The summed E-state index contributed by atoms with van der Waals surface area (Å²) >= 11 is 0. The van der Waals surface area contributed by atoms with Gasteiger partial charge >= 0.3 is 0 Å². The van der Waals surface area contributed by atoms with Crippen LogP contribution in [0, 0.1) is 0 Å². The van der Waals surface area contributed by atoms with E-state index in [0.29, 0.717) is 11.9 Å². The predicted molar refractivity (Wildman–Crippen MR) is 65.5 cm³/mol. The van der Waals surface area contributed by atoms with E-state index in [0.717, 1.165) is 32.6 Å². The molecule has 0 radical (unpaired) electrons. The Morgan fingerprint density at radius 2 is 2.47 bits per heavy atom. The van der Waals surface area contributed by atoms with E-state index in [4.69, 9.17) is 4.52 Å². The molecule has 2 rings (SSSR count). The third-order valence-corrected chi connectivity index (χ3v) is 3.20. The molecular formula is C12H22N4O. The molecule has 96 valence electrons. The average molecular weight is 238 g/mol. The Balaban J connectivity index is 1.83. The molecule has 2 heterocycles. The second-order valence-corrected chi connectivity index (χ2v) is 4.72. The van der Waals surface area contributed by atoms with Crippen molar-refractivity contribution >= 4 is 0 Å². The van der Waals surface area contributed by atoms with Crippen LogP contribution >= 0.6 is 0 Å². The molecule has 1 aromatic heterocycles. The lowest BCUT2D eigenvalue weighted by molar-refractivity contribution is 0.193. The second kappa shape index (κ2) is 6.71. The van der Waals surface area contributed by atoms with E-state index in [-0.39, 0.29) is 0 Å². The van der Waals surface area contributed by atoms with Crippen LogP contribution in [0.3, 0.4) is 0 Å². The number of hydrogen-bond donors (Lipinski definition) is 1. The van der Waals surface area contributed by atoms with Gasteiger partial charge in [0.25, 0.3) is 0 Å². The normalized spacial score (nSPS) is 20.9. The summed E-state index contributed by atoms with van der Waals surface area (Å²) in [7, 11) is 0. The Kier molecular flexibility index (Phi) is 4.94. The zero-order valence-electron chi connectivity index (χ0n) is 10.6. The van der Waals surface area contributed by atoms with Crippen LogP contribution in [0.4, 0.5) is 0 Å². The zero-order chi connectivity index (χ0) is 11.9. The number of rotatable bonds is 6. The fraction of sp³-hybridized carbons (Fsp3) is 0.833. The van der Waals surface area contributed by atoms with Gasteiger partial charge in [0.15, 0.2) is 6.33 Å². The molecule has 1 aliphatic heterocycles. The van der Waals surface area contributed by atoms with Gasteiger partial charge in [-0.25, -0.2) is 0 Å². The van der Waals surface area contributed by atoms with Gasteiger partial charge in [-0.05, 0) is 32.4 Å². The summed E-state index contributed by atoms with van der Waals surface area (Å²) in [6, 6.07) is 0.623. The summed E-state index contributed by atoms with van der Waals surface area (Å²) in [4.78, 5) is 6.49. The maximum atomic E-state index is 5.08. The Labute approximate surface area is 103 Å². The molecule has 0 aliphatic carbocycles. The van der Waals surface area contributed by atoms with Crippen LogP contribution in [-0.4, -0.2) is 40.7 Å². The molecule has 0 saturated carbocycles. The average Bonchev–Trinajstić information content (AvgIpc) is 2.83. The van der Waals surface area contributed by atoms with Crippen molar-refractivity contribution in [3.63, 3.8) is 0 Å². The summed E-state index contributed by atoms with van der Waals surface area (Å²) in [5.74, 6) is 0.717. The summed E-state index contributed by atoms with van der Waals surface area (Å²) in [5, 5.41) is 7.23. The number of piperidine rings is 1. The van der Waals surface area contributed by atoms with Crippen molar-refractivity contribution in [3.8, 4) is 0 Å². The number of nitrogens with zero attached hydrogens (tertiary/aromatic N) is 3. The third kappa shape index (κ3) is 4.09. The van der Waals surface area contributed by atoms with E-state index in [2.05, 4.69) is 27.3 Å². The van der Waals surface area contributed by atoms with Gasteiger partial charge in [0, 0.05) is 12.6 Å². The van der Waals surface area contributed by atoms with Gasteiger partial charge in [-0.1, -0.05) is 18.5 Å². The van der Waals surface area contributed by atoms with Crippen LogP contribution in [0.2, 0.25) is 0 Å². The van der Waals surface area contributed by atoms with E-state index < -0.39 is 0 Å². The molecule has 17 heavy (non-hydrogen) atoms. The van der Waals surface area contributed by atoms with Crippen molar-refractivity contribution in [1.82, 2.24) is 20.4 Å². The first-order chi connectivity index (χ1) is 8.38. The lowest BCUT2D eigenvalue weighted by Gasteiger charge is -2.29. The first-order valence-electron chi connectivity index (χ1n) is 6.59. The van der Waals surface area contributed by atoms with Crippen molar-refractivity contribution in [2.75, 3.05) is 19.6 Å². The Morgan fingerprint density at radius 1 is 1.53 bits per heavy atom. The first-order valence-corrected chi connectivity index (χ1v) is 6.59. The van der Waals surface area contributed by atoms with Crippen molar-refractivity contribution in [1.29, 1.82) is 0 Å². The van der Waals surface area contributed by atoms with E-state index in [1.165, 1.54) is 25.6 Å². The molecule has 0 bridgehead atoms. The van der Waals surface area contributed by atoms with Crippen LogP contribution in [0.1, 0.15) is 38.5 Å². The van der Waals surface area contributed by atoms with Crippen molar-refractivity contribution < 1.29 is 4.52 Å². The summed E-state index contributed by atoms with van der Waals surface area (Å²) in [5.41, 5.74) is 0.